The number of ketones is 1. The number of Topliss-reactive ketones (excluding diaryl/α,β-unsaturated/α-hetero) is 1. The standard InChI is InChI=1S/C10H9NO2/c12-6-7-5-10(13)8-3-1-2-4-9(8)11-7/h1-4,6-7,11H,5H2. The number of nitrogens with one attached hydrogen (secondary N) is 1. The lowest BCUT2D eigenvalue weighted by Gasteiger charge is -2.21. The predicted octanol–water partition coefficient (Wildman–Crippen LogP) is 1.25. The molecule has 2 rings (SSSR count). The summed E-state index contributed by atoms with van der Waals surface area (Å²) in [5, 5.41) is 2.99. The van der Waals surface area contributed by atoms with E-state index in [1.165, 1.54) is 0 Å². The average Bonchev–Trinajstić information content (AvgIpc) is 2.18. The lowest BCUT2D eigenvalue weighted by Crippen LogP contribution is -2.30. The van der Waals surface area contributed by atoms with Gasteiger partial charge in [-0.2, -0.15) is 0 Å². The van der Waals surface area contributed by atoms with E-state index in [9.17, 15) is 9.59 Å². The van der Waals surface area contributed by atoms with Crippen LogP contribution in [-0.2, 0) is 4.79 Å². The van der Waals surface area contributed by atoms with Crippen LogP contribution < -0.4 is 5.32 Å². The molecule has 3 heteroatoms. The van der Waals surface area contributed by atoms with E-state index in [2.05, 4.69) is 5.32 Å². The van der Waals surface area contributed by atoms with E-state index < -0.39 is 0 Å². The van der Waals surface area contributed by atoms with Gasteiger partial charge in [-0.05, 0) is 12.1 Å². The number of carbonyl (C=O) groups excluding carboxylic acids is 2. The van der Waals surface area contributed by atoms with E-state index in [0.29, 0.717) is 5.56 Å². The van der Waals surface area contributed by atoms with E-state index in [-0.39, 0.29) is 18.2 Å². The van der Waals surface area contributed by atoms with Crippen molar-refractivity contribution in [1.82, 2.24) is 0 Å². The van der Waals surface area contributed by atoms with Crippen molar-refractivity contribution in [3.8, 4) is 0 Å². The SMILES string of the molecule is O=CC1CC(=O)c2ccccc2N1. The third-order valence-electron chi connectivity index (χ3n) is 2.14. The second kappa shape index (κ2) is 3.01. The Hall–Kier alpha value is -1.64. The Kier molecular flexibility index (Phi) is 1.85. The van der Waals surface area contributed by atoms with Crippen LogP contribution in [0, 0.1) is 0 Å². The van der Waals surface area contributed by atoms with Gasteiger partial charge in [0.05, 0.1) is 6.04 Å². The highest BCUT2D eigenvalue weighted by Gasteiger charge is 2.22. The van der Waals surface area contributed by atoms with Crippen molar-refractivity contribution in [2.45, 2.75) is 12.5 Å². The van der Waals surface area contributed by atoms with Crippen LogP contribution in [0.25, 0.3) is 0 Å². The largest absolute Gasteiger partial charge is 0.375 e. The van der Waals surface area contributed by atoms with E-state index in [1.54, 1.807) is 6.07 Å². The lowest BCUT2D eigenvalue weighted by molar-refractivity contribution is -0.108. The first-order valence-corrected chi connectivity index (χ1v) is 4.15. The zero-order valence-electron chi connectivity index (χ0n) is 6.99. The van der Waals surface area contributed by atoms with Gasteiger partial charge in [0, 0.05) is 17.7 Å². The summed E-state index contributed by atoms with van der Waals surface area (Å²) in [4.78, 5) is 22.0. The molecule has 0 fully saturated rings. The van der Waals surface area contributed by atoms with Gasteiger partial charge in [-0.3, -0.25) is 4.79 Å². The number of rotatable bonds is 1. The van der Waals surface area contributed by atoms with E-state index in [4.69, 9.17) is 0 Å². The summed E-state index contributed by atoms with van der Waals surface area (Å²) >= 11 is 0. The highest BCUT2D eigenvalue weighted by atomic mass is 16.1. The molecule has 1 aromatic rings. The first-order chi connectivity index (χ1) is 6.31. The summed E-state index contributed by atoms with van der Waals surface area (Å²) in [5.74, 6) is 0.0338. The van der Waals surface area contributed by atoms with Crippen molar-refractivity contribution in [1.29, 1.82) is 0 Å². The van der Waals surface area contributed by atoms with Crippen molar-refractivity contribution in [2.75, 3.05) is 5.32 Å². The second-order valence-electron chi connectivity index (χ2n) is 3.06. The second-order valence-corrected chi connectivity index (χ2v) is 3.06. The van der Waals surface area contributed by atoms with Crippen LogP contribution in [0.15, 0.2) is 24.3 Å². The fraction of sp³-hybridized carbons (Fsp3) is 0.200. The van der Waals surface area contributed by atoms with Gasteiger partial charge in [-0.25, -0.2) is 0 Å². The number of hydrogen-bond acceptors (Lipinski definition) is 3. The number of fused-ring (bicyclic) bond motifs is 1. The number of anilines is 1. The van der Waals surface area contributed by atoms with Crippen molar-refractivity contribution in [3.63, 3.8) is 0 Å². The third-order valence-corrected chi connectivity index (χ3v) is 2.14. The zero-order chi connectivity index (χ0) is 9.26. The molecular formula is C10H9NO2. The highest BCUT2D eigenvalue weighted by Crippen LogP contribution is 2.23. The molecule has 1 aliphatic heterocycles. The fourth-order valence-electron chi connectivity index (χ4n) is 1.49. The van der Waals surface area contributed by atoms with Gasteiger partial charge in [0.25, 0.3) is 0 Å². The van der Waals surface area contributed by atoms with Crippen LogP contribution >= 0.6 is 0 Å². The van der Waals surface area contributed by atoms with Crippen LogP contribution in [-0.4, -0.2) is 18.1 Å². The van der Waals surface area contributed by atoms with Crippen molar-refractivity contribution in [3.05, 3.63) is 29.8 Å². The smallest absolute Gasteiger partial charge is 0.167 e. The molecule has 1 atom stereocenters. The number of hydrogen-bond donors (Lipinski definition) is 1. The molecule has 0 spiro atoms. The van der Waals surface area contributed by atoms with Gasteiger partial charge >= 0.3 is 0 Å². The summed E-state index contributed by atoms with van der Waals surface area (Å²) in [6, 6.07) is 6.88. The summed E-state index contributed by atoms with van der Waals surface area (Å²) in [6.07, 6.45) is 1.04. The Labute approximate surface area is 75.8 Å². The van der Waals surface area contributed by atoms with Crippen LogP contribution in [0.3, 0.4) is 0 Å². The molecule has 13 heavy (non-hydrogen) atoms. The number of para-hydroxylation sites is 1. The number of carbonyl (C=O) groups is 2. The minimum absolute atomic E-state index is 0.0338. The Bertz CT molecular complexity index is 360. The lowest BCUT2D eigenvalue weighted by atomic mass is 9.98. The molecule has 1 N–H and O–H groups in total. The average molecular weight is 175 g/mol. The molecule has 0 aliphatic carbocycles. The Balaban J connectivity index is 2.42. The molecule has 1 aliphatic rings. The Morgan fingerprint density at radius 3 is 2.92 bits per heavy atom. The molecule has 0 saturated heterocycles. The Morgan fingerprint density at radius 2 is 2.15 bits per heavy atom. The van der Waals surface area contributed by atoms with Gasteiger partial charge in [-0.1, -0.05) is 12.1 Å². The minimum atomic E-state index is -0.359. The van der Waals surface area contributed by atoms with Crippen molar-refractivity contribution < 1.29 is 9.59 Å². The van der Waals surface area contributed by atoms with Gasteiger partial charge in [0.15, 0.2) is 5.78 Å². The van der Waals surface area contributed by atoms with Crippen LogP contribution in [0.2, 0.25) is 0 Å². The molecule has 1 heterocycles. The van der Waals surface area contributed by atoms with Gasteiger partial charge in [0.1, 0.15) is 6.29 Å². The molecule has 66 valence electrons. The van der Waals surface area contributed by atoms with Crippen LogP contribution in [0.5, 0.6) is 0 Å². The van der Waals surface area contributed by atoms with Gasteiger partial charge in [-0.15, -0.1) is 0 Å². The topological polar surface area (TPSA) is 46.2 Å². The minimum Gasteiger partial charge on any atom is -0.375 e. The Morgan fingerprint density at radius 1 is 1.38 bits per heavy atom. The monoisotopic (exact) mass is 175 g/mol. The van der Waals surface area contributed by atoms with Gasteiger partial charge < -0.3 is 10.1 Å². The maximum absolute atomic E-state index is 11.5. The molecule has 1 unspecified atom stereocenters. The van der Waals surface area contributed by atoms with E-state index in [0.717, 1.165) is 12.0 Å². The molecule has 3 nitrogen and oxygen atoms in total. The van der Waals surface area contributed by atoms with E-state index >= 15 is 0 Å². The van der Waals surface area contributed by atoms with Crippen LogP contribution in [0.1, 0.15) is 16.8 Å². The van der Waals surface area contributed by atoms with E-state index in [1.807, 2.05) is 18.2 Å². The normalized spacial score (nSPS) is 20.3. The summed E-state index contributed by atoms with van der Waals surface area (Å²) < 4.78 is 0. The number of aldehydes is 1. The van der Waals surface area contributed by atoms with Crippen LogP contribution in [0.4, 0.5) is 5.69 Å². The molecular weight excluding hydrogens is 166 g/mol. The molecule has 0 saturated carbocycles. The fourth-order valence-corrected chi connectivity index (χ4v) is 1.49. The van der Waals surface area contributed by atoms with Crippen molar-refractivity contribution >= 4 is 17.8 Å². The summed E-state index contributed by atoms with van der Waals surface area (Å²) in [7, 11) is 0. The third kappa shape index (κ3) is 1.33. The highest BCUT2D eigenvalue weighted by molar-refractivity contribution is 6.05. The summed E-state index contributed by atoms with van der Waals surface area (Å²) in [5.41, 5.74) is 1.44. The predicted molar refractivity (Wildman–Crippen MR) is 48.9 cm³/mol. The zero-order valence-corrected chi connectivity index (χ0v) is 6.99. The molecule has 0 amide bonds. The molecule has 0 radical (unpaired) electrons. The summed E-state index contributed by atoms with van der Waals surface area (Å²) in [6.45, 7) is 0. The maximum Gasteiger partial charge on any atom is 0.167 e. The quantitative estimate of drug-likeness (QED) is 0.653. The van der Waals surface area contributed by atoms with Crippen molar-refractivity contribution in [2.24, 2.45) is 0 Å². The molecule has 1 aromatic carbocycles. The molecule has 0 bridgehead atoms. The number of benzene rings is 1. The first kappa shape index (κ1) is 7.98. The maximum atomic E-state index is 11.5. The molecule has 0 aromatic heterocycles. The van der Waals surface area contributed by atoms with Gasteiger partial charge in [0.2, 0.25) is 0 Å². The first-order valence-electron chi connectivity index (χ1n) is 4.15.